The van der Waals surface area contributed by atoms with Gasteiger partial charge >= 0.3 is 0 Å². The first-order chi connectivity index (χ1) is 9.66. The highest BCUT2D eigenvalue weighted by atomic mass is 15.3. The van der Waals surface area contributed by atoms with Crippen molar-refractivity contribution in [2.45, 2.75) is 44.6 Å². The van der Waals surface area contributed by atoms with Crippen molar-refractivity contribution >= 4 is 0 Å². The molecule has 20 heavy (non-hydrogen) atoms. The lowest BCUT2D eigenvalue weighted by Gasteiger charge is -2.59. The van der Waals surface area contributed by atoms with Crippen molar-refractivity contribution in [1.29, 1.82) is 0 Å². The standard InChI is InChI=1S/C17H31N3/c1-19-2-3-20(16(10-18)11-19)12-17-7-13-4-14(8-17)6-15(5-13)9-17/h13-16H,2-12,18H2,1H3. The Hall–Kier alpha value is -0.120. The van der Waals surface area contributed by atoms with Crippen molar-refractivity contribution in [3.63, 3.8) is 0 Å². The van der Waals surface area contributed by atoms with Gasteiger partial charge in [0.05, 0.1) is 0 Å². The van der Waals surface area contributed by atoms with E-state index in [2.05, 4.69) is 16.8 Å². The first-order valence-corrected chi connectivity index (χ1v) is 8.78. The third kappa shape index (κ3) is 2.32. The quantitative estimate of drug-likeness (QED) is 0.853. The van der Waals surface area contributed by atoms with Crippen LogP contribution in [-0.2, 0) is 0 Å². The number of nitrogens with two attached hydrogens (primary N) is 1. The molecule has 0 spiro atoms. The first-order valence-electron chi connectivity index (χ1n) is 8.78. The van der Waals surface area contributed by atoms with E-state index in [0.29, 0.717) is 11.5 Å². The van der Waals surface area contributed by atoms with E-state index in [-0.39, 0.29) is 0 Å². The average Bonchev–Trinajstić information content (AvgIpc) is 2.39. The molecule has 0 aromatic rings. The van der Waals surface area contributed by atoms with Gasteiger partial charge in [0, 0.05) is 38.8 Å². The predicted octanol–water partition coefficient (Wildman–Crippen LogP) is 1.78. The third-order valence-electron chi connectivity index (χ3n) is 6.78. The van der Waals surface area contributed by atoms with E-state index in [4.69, 9.17) is 5.73 Å². The molecule has 1 unspecified atom stereocenters. The molecule has 2 N–H and O–H groups in total. The molecule has 1 atom stereocenters. The fraction of sp³-hybridized carbons (Fsp3) is 1.00. The summed E-state index contributed by atoms with van der Waals surface area (Å²) >= 11 is 0. The summed E-state index contributed by atoms with van der Waals surface area (Å²) < 4.78 is 0. The molecule has 5 aliphatic rings. The highest BCUT2D eigenvalue weighted by Gasteiger charge is 2.51. The molecule has 5 rings (SSSR count). The van der Waals surface area contributed by atoms with Crippen molar-refractivity contribution in [1.82, 2.24) is 9.80 Å². The molecule has 1 saturated heterocycles. The second kappa shape index (κ2) is 4.96. The van der Waals surface area contributed by atoms with Gasteiger partial charge in [-0.3, -0.25) is 4.90 Å². The average molecular weight is 277 g/mol. The molecule has 1 heterocycles. The van der Waals surface area contributed by atoms with Crippen molar-refractivity contribution in [3.05, 3.63) is 0 Å². The lowest BCUT2D eigenvalue weighted by molar-refractivity contribution is -0.0803. The molecule has 0 aromatic carbocycles. The maximum atomic E-state index is 6.05. The van der Waals surface area contributed by atoms with Crippen LogP contribution in [0.1, 0.15) is 38.5 Å². The van der Waals surface area contributed by atoms with Crippen LogP contribution in [0.25, 0.3) is 0 Å². The Morgan fingerprint density at radius 1 is 1.00 bits per heavy atom. The monoisotopic (exact) mass is 277 g/mol. The number of piperazine rings is 1. The van der Waals surface area contributed by atoms with Gasteiger partial charge in [0.15, 0.2) is 0 Å². The molecular formula is C17H31N3. The van der Waals surface area contributed by atoms with Gasteiger partial charge in [-0.15, -0.1) is 0 Å². The van der Waals surface area contributed by atoms with E-state index in [1.807, 2.05) is 0 Å². The van der Waals surface area contributed by atoms with Crippen LogP contribution < -0.4 is 5.73 Å². The third-order valence-corrected chi connectivity index (χ3v) is 6.78. The zero-order valence-corrected chi connectivity index (χ0v) is 13.1. The molecule has 1 aliphatic heterocycles. The maximum Gasteiger partial charge on any atom is 0.0346 e. The number of nitrogens with zero attached hydrogens (tertiary/aromatic N) is 2. The summed E-state index contributed by atoms with van der Waals surface area (Å²) in [6.07, 6.45) is 9.26. The van der Waals surface area contributed by atoms with Crippen LogP contribution in [0.15, 0.2) is 0 Å². The van der Waals surface area contributed by atoms with Crippen LogP contribution >= 0.6 is 0 Å². The summed E-state index contributed by atoms with van der Waals surface area (Å²) in [5.41, 5.74) is 6.73. The van der Waals surface area contributed by atoms with Gasteiger partial charge in [-0.2, -0.15) is 0 Å². The molecule has 5 fully saturated rings. The molecule has 0 amide bonds. The van der Waals surface area contributed by atoms with Crippen molar-refractivity contribution in [2.24, 2.45) is 28.9 Å². The van der Waals surface area contributed by atoms with Crippen LogP contribution in [0.2, 0.25) is 0 Å². The molecule has 3 heteroatoms. The Balaban J connectivity index is 1.48. The zero-order chi connectivity index (χ0) is 13.7. The highest BCUT2D eigenvalue weighted by molar-refractivity contribution is 5.03. The number of rotatable bonds is 3. The fourth-order valence-corrected chi connectivity index (χ4v) is 6.39. The molecule has 4 aliphatic carbocycles. The molecular weight excluding hydrogens is 246 g/mol. The van der Waals surface area contributed by atoms with Crippen LogP contribution in [-0.4, -0.2) is 55.6 Å². The van der Waals surface area contributed by atoms with Gasteiger partial charge < -0.3 is 10.6 Å². The summed E-state index contributed by atoms with van der Waals surface area (Å²) in [6.45, 7) is 5.81. The topological polar surface area (TPSA) is 32.5 Å². The second-order valence-electron chi connectivity index (χ2n) is 8.54. The van der Waals surface area contributed by atoms with E-state index in [1.165, 1.54) is 45.4 Å². The second-order valence-corrected chi connectivity index (χ2v) is 8.54. The Morgan fingerprint density at radius 2 is 1.60 bits per heavy atom. The van der Waals surface area contributed by atoms with Gasteiger partial charge in [-0.25, -0.2) is 0 Å². The van der Waals surface area contributed by atoms with Gasteiger partial charge in [-0.1, -0.05) is 0 Å². The molecule has 114 valence electrons. The molecule has 3 nitrogen and oxygen atoms in total. The van der Waals surface area contributed by atoms with Crippen LogP contribution in [0.5, 0.6) is 0 Å². The minimum absolute atomic E-state index is 0.599. The Kier molecular flexibility index (Phi) is 3.36. The summed E-state index contributed by atoms with van der Waals surface area (Å²) in [4.78, 5) is 5.21. The predicted molar refractivity (Wildman–Crippen MR) is 82.5 cm³/mol. The molecule has 0 radical (unpaired) electrons. The highest BCUT2D eigenvalue weighted by Crippen LogP contribution is 2.60. The Bertz CT molecular complexity index is 332. The van der Waals surface area contributed by atoms with Crippen molar-refractivity contribution in [3.8, 4) is 0 Å². The number of hydrogen-bond donors (Lipinski definition) is 1. The summed E-state index contributed by atoms with van der Waals surface area (Å²) in [5, 5.41) is 0. The Labute approximate surface area is 123 Å². The number of likely N-dealkylation sites (N-methyl/N-ethyl adjacent to an activating group) is 1. The molecule has 4 saturated carbocycles. The SMILES string of the molecule is CN1CCN(CC23CC4CC(CC(C4)C2)C3)C(CN)C1. The first kappa shape index (κ1) is 13.5. The lowest BCUT2D eigenvalue weighted by Crippen LogP contribution is -2.59. The van der Waals surface area contributed by atoms with Crippen LogP contribution in [0.4, 0.5) is 0 Å². The summed E-state index contributed by atoms with van der Waals surface area (Å²) in [6, 6.07) is 0.599. The largest absolute Gasteiger partial charge is 0.329 e. The van der Waals surface area contributed by atoms with Gasteiger partial charge in [0.1, 0.15) is 0 Å². The van der Waals surface area contributed by atoms with E-state index in [9.17, 15) is 0 Å². The lowest BCUT2D eigenvalue weighted by atomic mass is 9.49. The van der Waals surface area contributed by atoms with E-state index in [0.717, 1.165) is 24.3 Å². The molecule has 0 aromatic heterocycles. The normalized spacial score (nSPS) is 48.9. The Morgan fingerprint density at radius 3 is 2.15 bits per heavy atom. The van der Waals surface area contributed by atoms with E-state index >= 15 is 0 Å². The van der Waals surface area contributed by atoms with Crippen molar-refractivity contribution < 1.29 is 0 Å². The molecule has 4 bridgehead atoms. The van der Waals surface area contributed by atoms with E-state index in [1.54, 1.807) is 19.3 Å². The van der Waals surface area contributed by atoms with Crippen LogP contribution in [0.3, 0.4) is 0 Å². The fourth-order valence-electron chi connectivity index (χ4n) is 6.39. The van der Waals surface area contributed by atoms with Gasteiger partial charge in [-0.05, 0) is 68.7 Å². The smallest absolute Gasteiger partial charge is 0.0346 e. The van der Waals surface area contributed by atoms with Crippen molar-refractivity contribution in [2.75, 3.05) is 39.8 Å². The zero-order valence-electron chi connectivity index (χ0n) is 13.1. The van der Waals surface area contributed by atoms with Crippen LogP contribution in [0, 0.1) is 23.2 Å². The maximum absolute atomic E-state index is 6.05. The van der Waals surface area contributed by atoms with E-state index < -0.39 is 0 Å². The van der Waals surface area contributed by atoms with Gasteiger partial charge in [0.25, 0.3) is 0 Å². The number of hydrogen-bond acceptors (Lipinski definition) is 3. The minimum atomic E-state index is 0.599. The summed E-state index contributed by atoms with van der Waals surface area (Å²) in [5.74, 6) is 3.22. The van der Waals surface area contributed by atoms with Gasteiger partial charge in [0.2, 0.25) is 0 Å². The minimum Gasteiger partial charge on any atom is -0.329 e. The summed E-state index contributed by atoms with van der Waals surface area (Å²) in [7, 11) is 2.24.